The van der Waals surface area contributed by atoms with E-state index < -0.39 is 0 Å². The van der Waals surface area contributed by atoms with Crippen LogP contribution in [-0.2, 0) is 11.3 Å². The van der Waals surface area contributed by atoms with Gasteiger partial charge >= 0.3 is 5.97 Å². The number of aliphatic hydroxyl groups excluding tert-OH is 1. The zero-order valence-corrected chi connectivity index (χ0v) is 7.77. The first-order chi connectivity index (χ1) is 5.69. The predicted octanol–water partition coefficient (Wildman–Crippen LogP) is 1.34. The summed E-state index contributed by atoms with van der Waals surface area (Å²) < 4.78 is 4.54. The van der Waals surface area contributed by atoms with Crippen LogP contribution in [0.25, 0.3) is 0 Å². The Hall–Kier alpha value is -0.870. The van der Waals surface area contributed by atoms with Crippen molar-refractivity contribution in [1.82, 2.24) is 0 Å². The van der Waals surface area contributed by atoms with Gasteiger partial charge in [-0.3, -0.25) is 0 Å². The van der Waals surface area contributed by atoms with E-state index in [0.29, 0.717) is 4.88 Å². The number of thiophene rings is 1. The van der Waals surface area contributed by atoms with Crippen molar-refractivity contribution in [2.75, 3.05) is 7.11 Å². The van der Waals surface area contributed by atoms with Gasteiger partial charge < -0.3 is 9.84 Å². The molecule has 1 N–H and O–H groups in total. The van der Waals surface area contributed by atoms with Crippen LogP contribution in [0.3, 0.4) is 0 Å². The Morgan fingerprint density at radius 1 is 1.75 bits per heavy atom. The first kappa shape index (κ1) is 9.22. The first-order valence-electron chi connectivity index (χ1n) is 3.47. The molecule has 3 nitrogen and oxygen atoms in total. The molecule has 66 valence electrons. The van der Waals surface area contributed by atoms with Gasteiger partial charge in [-0.15, -0.1) is 11.3 Å². The van der Waals surface area contributed by atoms with Gasteiger partial charge in [0.25, 0.3) is 0 Å². The number of rotatable bonds is 2. The Kier molecular flexibility index (Phi) is 2.83. The highest BCUT2D eigenvalue weighted by molar-refractivity contribution is 7.14. The molecule has 0 bridgehead atoms. The van der Waals surface area contributed by atoms with Crippen molar-refractivity contribution < 1.29 is 14.6 Å². The van der Waals surface area contributed by atoms with Gasteiger partial charge in [-0.25, -0.2) is 4.79 Å². The Bertz CT molecular complexity index is 290. The lowest BCUT2D eigenvalue weighted by atomic mass is 10.3. The molecular weight excluding hydrogens is 176 g/mol. The number of ether oxygens (including phenoxy) is 1. The van der Waals surface area contributed by atoms with Gasteiger partial charge in [-0.05, 0) is 18.6 Å². The van der Waals surface area contributed by atoms with Gasteiger partial charge in [0.1, 0.15) is 4.88 Å². The highest BCUT2D eigenvalue weighted by atomic mass is 32.1. The number of methoxy groups -OCH3 is 1. The summed E-state index contributed by atoms with van der Waals surface area (Å²) in [5.74, 6) is -0.345. The highest BCUT2D eigenvalue weighted by Gasteiger charge is 2.11. The van der Waals surface area contributed by atoms with E-state index >= 15 is 0 Å². The molecule has 0 aliphatic rings. The lowest BCUT2D eigenvalue weighted by molar-refractivity contribution is 0.0606. The van der Waals surface area contributed by atoms with Gasteiger partial charge in [-0.2, -0.15) is 0 Å². The van der Waals surface area contributed by atoms with Crippen molar-refractivity contribution in [1.29, 1.82) is 0 Å². The SMILES string of the molecule is COC(=O)c1cc(C)c(CO)s1. The zero-order chi connectivity index (χ0) is 9.14. The minimum absolute atomic E-state index is 0.0203. The molecule has 1 rings (SSSR count). The van der Waals surface area contributed by atoms with Crippen molar-refractivity contribution in [3.63, 3.8) is 0 Å². The summed E-state index contributed by atoms with van der Waals surface area (Å²) in [5, 5.41) is 8.84. The third-order valence-electron chi connectivity index (χ3n) is 1.55. The third kappa shape index (κ3) is 1.65. The Morgan fingerprint density at radius 2 is 2.42 bits per heavy atom. The molecule has 0 amide bonds. The van der Waals surface area contributed by atoms with E-state index in [1.54, 1.807) is 6.07 Å². The molecule has 0 saturated heterocycles. The van der Waals surface area contributed by atoms with Crippen LogP contribution in [0.1, 0.15) is 20.1 Å². The number of esters is 1. The van der Waals surface area contributed by atoms with Crippen LogP contribution in [0.15, 0.2) is 6.07 Å². The van der Waals surface area contributed by atoms with Gasteiger partial charge in [0, 0.05) is 4.88 Å². The van der Waals surface area contributed by atoms with Crippen molar-refractivity contribution in [2.24, 2.45) is 0 Å². The van der Waals surface area contributed by atoms with Crippen LogP contribution in [-0.4, -0.2) is 18.2 Å². The summed E-state index contributed by atoms with van der Waals surface area (Å²) in [6.07, 6.45) is 0. The van der Waals surface area contributed by atoms with Crippen LogP contribution in [0.2, 0.25) is 0 Å². The molecule has 0 unspecified atom stereocenters. The van der Waals surface area contributed by atoms with Gasteiger partial charge in [-0.1, -0.05) is 0 Å². The molecule has 0 fully saturated rings. The zero-order valence-electron chi connectivity index (χ0n) is 6.96. The van der Waals surface area contributed by atoms with Gasteiger partial charge in [0.2, 0.25) is 0 Å². The molecule has 0 aliphatic carbocycles. The molecule has 0 saturated carbocycles. The van der Waals surface area contributed by atoms with Crippen molar-refractivity contribution in [3.8, 4) is 0 Å². The molecule has 1 aromatic rings. The Labute approximate surface area is 74.6 Å². The maximum atomic E-state index is 11.0. The fourth-order valence-corrected chi connectivity index (χ4v) is 1.83. The van der Waals surface area contributed by atoms with Crippen molar-refractivity contribution in [3.05, 3.63) is 21.4 Å². The van der Waals surface area contributed by atoms with Gasteiger partial charge in [0.05, 0.1) is 13.7 Å². The predicted molar refractivity (Wildman–Crippen MR) is 46.3 cm³/mol. The number of carbonyl (C=O) groups excluding carboxylic acids is 1. The van der Waals surface area contributed by atoms with Crippen LogP contribution in [0.5, 0.6) is 0 Å². The standard InChI is InChI=1S/C8H10O3S/c1-5-3-6(8(10)11-2)12-7(5)4-9/h3,9H,4H2,1-2H3. The average molecular weight is 186 g/mol. The van der Waals surface area contributed by atoms with Crippen LogP contribution < -0.4 is 0 Å². The summed E-state index contributed by atoms with van der Waals surface area (Å²) in [5.41, 5.74) is 0.933. The Morgan fingerprint density at radius 3 is 2.83 bits per heavy atom. The van der Waals surface area contributed by atoms with Gasteiger partial charge in [0.15, 0.2) is 0 Å². The molecule has 1 heterocycles. The van der Waals surface area contributed by atoms with Crippen LogP contribution in [0, 0.1) is 6.92 Å². The second kappa shape index (κ2) is 3.69. The Balaban J connectivity index is 2.96. The van der Waals surface area contributed by atoms with E-state index in [0.717, 1.165) is 10.4 Å². The molecule has 0 aromatic carbocycles. The normalized spacial score (nSPS) is 9.92. The maximum Gasteiger partial charge on any atom is 0.348 e. The fourth-order valence-electron chi connectivity index (χ4n) is 0.878. The summed E-state index contributed by atoms with van der Waals surface area (Å²) >= 11 is 1.27. The molecule has 0 radical (unpaired) electrons. The third-order valence-corrected chi connectivity index (χ3v) is 2.75. The summed E-state index contributed by atoms with van der Waals surface area (Å²) in [6.45, 7) is 1.84. The molecule has 4 heteroatoms. The number of hydrogen-bond donors (Lipinski definition) is 1. The highest BCUT2D eigenvalue weighted by Crippen LogP contribution is 2.22. The van der Waals surface area contributed by atoms with E-state index in [9.17, 15) is 4.79 Å². The molecule has 0 spiro atoms. The van der Waals surface area contributed by atoms with E-state index in [1.165, 1.54) is 18.4 Å². The van der Waals surface area contributed by atoms with E-state index in [1.807, 2.05) is 6.92 Å². The topological polar surface area (TPSA) is 46.5 Å². The smallest absolute Gasteiger partial charge is 0.348 e. The molecule has 0 atom stereocenters. The maximum absolute atomic E-state index is 11.0. The van der Waals surface area contributed by atoms with Crippen LogP contribution in [0.4, 0.5) is 0 Å². The number of hydrogen-bond acceptors (Lipinski definition) is 4. The lowest BCUT2D eigenvalue weighted by Crippen LogP contribution is -1.96. The van der Waals surface area contributed by atoms with E-state index in [4.69, 9.17) is 5.11 Å². The monoisotopic (exact) mass is 186 g/mol. The second-order valence-electron chi connectivity index (χ2n) is 2.37. The summed E-state index contributed by atoms with van der Waals surface area (Å²) in [4.78, 5) is 12.4. The first-order valence-corrected chi connectivity index (χ1v) is 4.29. The molecular formula is C8H10O3S. The number of aryl methyl sites for hydroxylation is 1. The average Bonchev–Trinajstić information content (AvgIpc) is 2.45. The molecule has 1 aromatic heterocycles. The summed E-state index contributed by atoms with van der Waals surface area (Å²) in [7, 11) is 1.34. The minimum Gasteiger partial charge on any atom is -0.465 e. The molecule has 0 aliphatic heterocycles. The van der Waals surface area contributed by atoms with Crippen molar-refractivity contribution in [2.45, 2.75) is 13.5 Å². The summed E-state index contributed by atoms with van der Waals surface area (Å²) in [6, 6.07) is 1.72. The number of aliphatic hydroxyl groups is 1. The van der Waals surface area contributed by atoms with Crippen molar-refractivity contribution >= 4 is 17.3 Å². The number of carbonyl (C=O) groups is 1. The van der Waals surface area contributed by atoms with E-state index in [-0.39, 0.29) is 12.6 Å². The minimum atomic E-state index is -0.345. The van der Waals surface area contributed by atoms with E-state index in [2.05, 4.69) is 4.74 Å². The van der Waals surface area contributed by atoms with Crippen LogP contribution >= 0.6 is 11.3 Å². The second-order valence-corrected chi connectivity index (χ2v) is 3.50. The quantitative estimate of drug-likeness (QED) is 0.709. The lowest BCUT2D eigenvalue weighted by Gasteiger charge is -1.91. The largest absolute Gasteiger partial charge is 0.465 e. The molecule has 12 heavy (non-hydrogen) atoms. The fraction of sp³-hybridized carbons (Fsp3) is 0.375.